The van der Waals surface area contributed by atoms with Gasteiger partial charge in [-0.25, -0.2) is 4.98 Å². The van der Waals surface area contributed by atoms with E-state index in [4.69, 9.17) is 11.6 Å². The molecule has 0 aromatic carbocycles. The maximum absolute atomic E-state index is 5.87. The van der Waals surface area contributed by atoms with Crippen LogP contribution in [0.15, 0.2) is 18.3 Å². The average molecular weight is 239 g/mol. The number of hydrogen-bond donors (Lipinski definition) is 0. The van der Waals surface area contributed by atoms with Gasteiger partial charge in [0.05, 0.1) is 0 Å². The molecule has 1 unspecified atom stereocenters. The van der Waals surface area contributed by atoms with Gasteiger partial charge >= 0.3 is 0 Å². The van der Waals surface area contributed by atoms with E-state index in [1.165, 1.54) is 24.8 Å². The lowest BCUT2D eigenvalue weighted by Gasteiger charge is -2.36. The number of halogens is 1. The summed E-state index contributed by atoms with van der Waals surface area (Å²) in [6.07, 6.45) is 6.81. The van der Waals surface area contributed by atoms with Crippen LogP contribution in [0.1, 0.15) is 31.2 Å². The van der Waals surface area contributed by atoms with Crippen molar-refractivity contribution < 1.29 is 0 Å². The highest BCUT2D eigenvalue weighted by atomic mass is 35.5. The molecule has 0 saturated carbocycles. The Balaban J connectivity index is 2.16. The lowest BCUT2D eigenvalue weighted by atomic mass is 10.00. The topological polar surface area (TPSA) is 16.1 Å². The number of anilines is 1. The molecule has 0 amide bonds. The molecule has 2 nitrogen and oxygen atoms in total. The zero-order chi connectivity index (χ0) is 11.4. The van der Waals surface area contributed by atoms with E-state index in [1.807, 2.05) is 12.3 Å². The van der Waals surface area contributed by atoms with E-state index in [1.54, 1.807) is 0 Å². The number of piperidine rings is 1. The fourth-order valence-electron chi connectivity index (χ4n) is 2.41. The van der Waals surface area contributed by atoms with Gasteiger partial charge in [0.25, 0.3) is 0 Å². The first-order valence-corrected chi connectivity index (χ1v) is 6.60. The Bertz CT molecular complexity index is 338. The molecule has 0 spiro atoms. The van der Waals surface area contributed by atoms with E-state index in [-0.39, 0.29) is 0 Å². The first-order valence-electron chi connectivity index (χ1n) is 6.06. The second kappa shape index (κ2) is 5.53. The lowest BCUT2D eigenvalue weighted by molar-refractivity contribution is 0.448. The molecular formula is C13H19ClN2. The van der Waals surface area contributed by atoms with E-state index in [0.29, 0.717) is 6.04 Å². The number of alkyl halides is 1. The van der Waals surface area contributed by atoms with Gasteiger partial charge in [-0.1, -0.05) is 0 Å². The third kappa shape index (κ3) is 2.67. The summed E-state index contributed by atoms with van der Waals surface area (Å²) in [5.41, 5.74) is 1.28. The van der Waals surface area contributed by atoms with Crippen molar-refractivity contribution >= 4 is 17.4 Å². The van der Waals surface area contributed by atoms with Crippen LogP contribution in [0.4, 0.5) is 5.82 Å². The SMILES string of the molecule is Cc1ccnc(N2CCCCC2CCCl)c1. The number of hydrogen-bond acceptors (Lipinski definition) is 2. The molecule has 0 bridgehead atoms. The Hall–Kier alpha value is -0.760. The summed E-state index contributed by atoms with van der Waals surface area (Å²) < 4.78 is 0. The van der Waals surface area contributed by atoms with Crippen LogP contribution in [0.5, 0.6) is 0 Å². The molecule has 1 aliphatic heterocycles. The fourth-order valence-corrected chi connectivity index (χ4v) is 2.66. The van der Waals surface area contributed by atoms with Crippen LogP contribution in [0.25, 0.3) is 0 Å². The Kier molecular flexibility index (Phi) is 4.05. The van der Waals surface area contributed by atoms with E-state index < -0.39 is 0 Å². The number of aryl methyl sites for hydroxylation is 1. The minimum atomic E-state index is 0.584. The van der Waals surface area contributed by atoms with Crippen molar-refractivity contribution in [3.63, 3.8) is 0 Å². The summed E-state index contributed by atoms with van der Waals surface area (Å²) in [4.78, 5) is 6.91. The fraction of sp³-hybridized carbons (Fsp3) is 0.615. The zero-order valence-corrected chi connectivity index (χ0v) is 10.6. The third-order valence-electron chi connectivity index (χ3n) is 3.26. The van der Waals surface area contributed by atoms with Crippen molar-refractivity contribution in [1.82, 2.24) is 4.98 Å². The monoisotopic (exact) mass is 238 g/mol. The average Bonchev–Trinajstić information content (AvgIpc) is 2.30. The molecule has 1 aliphatic rings. The summed E-state index contributed by atoms with van der Waals surface area (Å²) in [7, 11) is 0. The smallest absolute Gasteiger partial charge is 0.128 e. The zero-order valence-electron chi connectivity index (χ0n) is 9.82. The van der Waals surface area contributed by atoms with Gasteiger partial charge in [0.15, 0.2) is 0 Å². The highest BCUT2D eigenvalue weighted by Gasteiger charge is 2.22. The molecule has 2 rings (SSSR count). The molecule has 2 heterocycles. The summed E-state index contributed by atoms with van der Waals surface area (Å²) in [6, 6.07) is 4.80. The molecule has 1 saturated heterocycles. The lowest BCUT2D eigenvalue weighted by Crippen LogP contribution is -2.40. The van der Waals surface area contributed by atoms with E-state index >= 15 is 0 Å². The van der Waals surface area contributed by atoms with Crippen LogP contribution in [0, 0.1) is 6.92 Å². The van der Waals surface area contributed by atoms with E-state index in [0.717, 1.165) is 24.7 Å². The quantitative estimate of drug-likeness (QED) is 0.751. The van der Waals surface area contributed by atoms with Gasteiger partial charge in [0.2, 0.25) is 0 Å². The van der Waals surface area contributed by atoms with Crippen LogP contribution < -0.4 is 4.90 Å². The number of rotatable bonds is 3. The standard InChI is InChI=1S/C13H19ClN2/c1-11-6-8-15-13(10-11)16-9-3-2-4-12(16)5-7-14/h6,8,10,12H,2-5,7,9H2,1H3. The van der Waals surface area contributed by atoms with Crippen molar-refractivity contribution in [2.75, 3.05) is 17.3 Å². The molecule has 1 fully saturated rings. The van der Waals surface area contributed by atoms with E-state index in [2.05, 4.69) is 22.9 Å². The maximum Gasteiger partial charge on any atom is 0.128 e. The minimum absolute atomic E-state index is 0.584. The Morgan fingerprint density at radius 1 is 1.50 bits per heavy atom. The van der Waals surface area contributed by atoms with Crippen LogP contribution in [0.3, 0.4) is 0 Å². The molecule has 0 N–H and O–H groups in total. The van der Waals surface area contributed by atoms with Crippen LogP contribution in [-0.4, -0.2) is 23.5 Å². The highest BCUT2D eigenvalue weighted by Crippen LogP contribution is 2.25. The predicted molar refractivity (Wildman–Crippen MR) is 69.3 cm³/mol. The second-order valence-corrected chi connectivity index (χ2v) is 4.89. The number of nitrogens with zero attached hydrogens (tertiary/aromatic N) is 2. The van der Waals surface area contributed by atoms with Crippen molar-refractivity contribution in [3.8, 4) is 0 Å². The predicted octanol–water partition coefficient (Wildman–Crippen LogP) is 3.38. The van der Waals surface area contributed by atoms with Crippen LogP contribution >= 0.6 is 11.6 Å². The van der Waals surface area contributed by atoms with Gasteiger partial charge in [-0.05, 0) is 50.3 Å². The largest absolute Gasteiger partial charge is 0.354 e. The number of pyridine rings is 1. The molecule has 0 aliphatic carbocycles. The molecule has 1 atom stereocenters. The highest BCUT2D eigenvalue weighted by molar-refractivity contribution is 6.17. The molecule has 0 radical (unpaired) electrons. The molecule has 1 aromatic heterocycles. The van der Waals surface area contributed by atoms with Gasteiger partial charge < -0.3 is 4.90 Å². The Morgan fingerprint density at radius 2 is 2.38 bits per heavy atom. The Morgan fingerprint density at radius 3 is 3.12 bits per heavy atom. The van der Waals surface area contributed by atoms with Crippen LogP contribution in [-0.2, 0) is 0 Å². The minimum Gasteiger partial charge on any atom is -0.354 e. The second-order valence-electron chi connectivity index (χ2n) is 4.51. The summed E-state index contributed by atoms with van der Waals surface area (Å²) in [5.74, 6) is 1.86. The Labute approximate surface area is 103 Å². The van der Waals surface area contributed by atoms with Crippen molar-refractivity contribution in [2.45, 2.75) is 38.6 Å². The first-order chi connectivity index (χ1) is 7.81. The van der Waals surface area contributed by atoms with Gasteiger partial charge in [-0.15, -0.1) is 11.6 Å². The van der Waals surface area contributed by atoms with Gasteiger partial charge in [0.1, 0.15) is 5.82 Å². The molecular weight excluding hydrogens is 220 g/mol. The van der Waals surface area contributed by atoms with E-state index in [9.17, 15) is 0 Å². The molecule has 16 heavy (non-hydrogen) atoms. The summed E-state index contributed by atoms with van der Waals surface area (Å²) >= 11 is 5.87. The summed E-state index contributed by atoms with van der Waals surface area (Å²) in [5, 5.41) is 0. The number of aromatic nitrogens is 1. The first kappa shape index (κ1) is 11.7. The third-order valence-corrected chi connectivity index (χ3v) is 3.48. The van der Waals surface area contributed by atoms with Crippen molar-refractivity contribution in [3.05, 3.63) is 23.9 Å². The maximum atomic E-state index is 5.87. The normalized spacial score (nSPS) is 21.1. The van der Waals surface area contributed by atoms with Gasteiger partial charge in [0, 0.05) is 24.7 Å². The molecule has 88 valence electrons. The van der Waals surface area contributed by atoms with Gasteiger partial charge in [-0.3, -0.25) is 0 Å². The summed E-state index contributed by atoms with van der Waals surface area (Å²) in [6.45, 7) is 3.24. The van der Waals surface area contributed by atoms with Gasteiger partial charge in [-0.2, -0.15) is 0 Å². The molecule has 3 heteroatoms. The van der Waals surface area contributed by atoms with Crippen molar-refractivity contribution in [1.29, 1.82) is 0 Å². The molecule has 1 aromatic rings. The van der Waals surface area contributed by atoms with Crippen molar-refractivity contribution in [2.24, 2.45) is 0 Å². The van der Waals surface area contributed by atoms with Crippen LogP contribution in [0.2, 0.25) is 0 Å².